The molecule has 0 bridgehead atoms. The van der Waals surface area contributed by atoms with Gasteiger partial charge in [0.05, 0.1) is 11.1 Å². The third kappa shape index (κ3) is 2.96. The number of nitrogens with zero attached hydrogens (tertiary/aromatic N) is 1. The highest BCUT2D eigenvalue weighted by atomic mass is 127. The number of hydrogen-bond acceptors (Lipinski definition) is 2. The van der Waals surface area contributed by atoms with Crippen molar-refractivity contribution < 1.29 is 14.7 Å². The first-order valence-electron chi connectivity index (χ1n) is 5.34. The number of carboxylic acid groups (broad SMARTS) is 1. The van der Waals surface area contributed by atoms with Gasteiger partial charge in [0.15, 0.2) is 0 Å². The van der Waals surface area contributed by atoms with Gasteiger partial charge < -0.3 is 10.0 Å². The lowest BCUT2D eigenvalue weighted by atomic mass is 10.1. The van der Waals surface area contributed by atoms with Crippen LogP contribution in [0.5, 0.6) is 0 Å². The van der Waals surface area contributed by atoms with E-state index in [4.69, 9.17) is 5.11 Å². The summed E-state index contributed by atoms with van der Waals surface area (Å²) in [7, 11) is 0. The number of carbonyl (C=O) groups is 2. The van der Waals surface area contributed by atoms with Gasteiger partial charge >= 0.3 is 5.97 Å². The molecule has 1 N–H and O–H groups in total. The van der Waals surface area contributed by atoms with Gasteiger partial charge in [0.1, 0.15) is 0 Å². The third-order valence-electron chi connectivity index (χ3n) is 2.51. The average Bonchev–Trinajstić information content (AvgIpc) is 2.30. The Bertz CT molecular complexity index is 441. The summed E-state index contributed by atoms with van der Waals surface area (Å²) in [5.74, 6) is -1.13. The largest absolute Gasteiger partial charge is 0.478 e. The molecular weight excluding hydrogens is 333 g/mol. The second-order valence-corrected chi connectivity index (χ2v) is 4.53. The van der Waals surface area contributed by atoms with E-state index in [9.17, 15) is 9.59 Å². The third-order valence-corrected chi connectivity index (χ3v) is 3.67. The Balaban J connectivity index is 3.19. The number of amides is 1. The Kier molecular flexibility index (Phi) is 4.92. The van der Waals surface area contributed by atoms with E-state index in [0.717, 1.165) is 0 Å². The fourth-order valence-corrected chi connectivity index (χ4v) is 2.36. The summed E-state index contributed by atoms with van der Waals surface area (Å²) < 4.78 is 0.495. The van der Waals surface area contributed by atoms with E-state index in [-0.39, 0.29) is 11.5 Å². The van der Waals surface area contributed by atoms with E-state index in [1.54, 1.807) is 17.0 Å². The molecule has 0 aromatic heterocycles. The van der Waals surface area contributed by atoms with Crippen molar-refractivity contribution in [2.75, 3.05) is 13.1 Å². The van der Waals surface area contributed by atoms with Gasteiger partial charge in [-0.2, -0.15) is 0 Å². The van der Waals surface area contributed by atoms with Gasteiger partial charge in [0.2, 0.25) is 0 Å². The van der Waals surface area contributed by atoms with Crippen molar-refractivity contribution in [2.45, 2.75) is 13.8 Å². The number of benzene rings is 1. The first-order valence-corrected chi connectivity index (χ1v) is 6.41. The summed E-state index contributed by atoms with van der Waals surface area (Å²) >= 11 is 1.91. The highest BCUT2D eigenvalue weighted by Crippen LogP contribution is 2.19. The Labute approximate surface area is 114 Å². The summed E-state index contributed by atoms with van der Waals surface area (Å²) in [5, 5.41) is 9.00. The predicted molar refractivity (Wildman–Crippen MR) is 73.4 cm³/mol. The molecule has 0 aliphatic heterocycles. The summed E-state index contributed by atoms with van der Waals surface area (Å²) in [6, 6.07) is 4.76. The van der Waals surface area contributed by atoms with Crippen molar-refractivity contribution >= 4 is 34.5 Å². The fourth-order valence-electron chi connectivity index (χ4n) is 1.54. The Morgan fingerprint density at radius 2 is 1.76 bits per heavy atom. The van der Waals surface area contributed by atoms with Crippen LogP contribution >= 0.6 is 22.6 Å². The topological polar surface area (TPSA) is 57.6 Å². The zero-order valence-electron chi connectivity index (χ0n) is 9.74. The predicted octanol–water partition coefficient (Wildman–Crippen LogP) is 2.47. The quantitative estimate of drug-likeness (QED) is 0.852. The molecule has 1 aromatic rings. The molecule has 1 aromatic carbocycles. The van der Waals surface area contributed by atoms with Crippen molar-refractivity contribution in [3.8, 4) is 0 Å². The monoisotopic (exact) mass is 347 g/mol. The van der Waals surface area contributed by atoms with Crippen LogP contribution in [0.25, 0.3) is 0 Å². The Morgan fingerprint density at radius 1 is 1.24 bits per heavy atom. The molecule has 92 valence electrons. The van der Waals surface area contributed by atoms with Crippen LogP contribution < -0.4 is 0 Å². The number of rotatable bonds is 4. The maximum Gasteiger partial charge on any atom is 0.336 e. The first-order chi connectivity index (χ1) is 8.02. The van der Waals surface area contributed by atoms with Crippen LogP contribution in [0.2, 0.25) is 0 Å². The molecule has 0 saturated carbocycles. The summed E-state index contributed by atoms with van der Waals surface area (Å²) in [6.07, 6.45) is 0. The van der Waals surface area contributed by atoms with Crippen molar-refractivity contribution in [3.63, 3.8) is 0 Å². The molecule has 1 amide bonds. The van der Waals surface area contributed by atoms with Gasteiger partial charge in [0, 0.05) is 16.7 Å². The number of carboxylic acids is 1. The van der Waals surface area contributed by atoms with Gasteiger partial charge in [-0.05, 0) is 48.6 Å². The highest BCUT2D eigenvalue weighted by molar-refractivity contribution is 14.1. The van der Waals surface area contributed by atoms with E-state index < -0.39 is 5.97 Å². The molecule has 0 unspecified atom stereocenters. The maximum absolute atomic E-state index is 12.1. The zero-order valence-corrected chi connectivity index (χ0v) is 11.9. The van der Waals surface area contributed by atoms with Crippen LogP contribution in [0.1, 0.15) is 34.6 Å². The Hall–Kier alpha value is -1.11. The molecule has 4 nitrogen and oxygen atoms in total. The molecule has 0 heterocycles. The first kappa shape index (κ1) is 14.0. The van der Waals surface area contributed by atoms with Crippen molar-refractivity contribution in [1.82, 2.24) is 4.90 Å². The molecule has 0 aliphatic carbocycles. The van der Waals surface area contributed by atoms with Crippen LogP contribution in [0, 0.1) is 3.57 Å². The molecular formula is C12H14INO3. The van der Waals surface area contributed by atoms with Gasteiger partial charge in [-0.1, -0.05) is 6.07 Å². The summed E-state index contributed by atoms with van der Waals surface area (Å²) in [4.78, 5) is 24.8. The molecule has 0 atom stereocenters. The fraction of sp³-hybridized carbons (Fsp3) is 0.333. The lowest BCUT2D eigenvalue weighted by Crippen LogP contribution is -2.31. The van der Waals surface area contributed by atoms with Crippen LogP contribution in [0.3, 0.4) is 0 Å². The maximum atomic E-state index is 12.1. The number of hydrogen-bond donors (Lipinski definition) is 1. The minimum Gasteiger partial charge on any atom is -0.478 e. The van der Waals surface area contributed by atoms with Gasteiger partial charge in [-0.25, -0.2) is 4.79 Å². The standard InChI is InChI=1S/C12H14INO3/c1-3-14(4-2)11(15)8-6-5-7-9(10(8)13)12(16)17/h5-7H,3-4H2,1-2H3,(H,16,17). The van der Waals surface area contributed by atoms with E-state index in [0.29, 0.717) is 22.2 Å². The SMILES string of the molecule is CCN(CC)C(=O)c1cccc(C(=O)O)c1I. The lowest BCUT2D eigenvalue weighted by Gasteiger charge is -2.19. The second kappa shape index (κ2) is 6.00. The number of halogens is 1. The van der Waals surface area contributed by atoms with Crippen molar-refractivity contribution in [2.24, 2.45) is 0 Å². The normalized spacial score (nSPS) is 10.1. The van der Waals surface area contributed by atoms with E-state index in [1.807, 2.05) is 36.4 Å². The molecule has 0 saturated heterocycles. The minimum absolute atomic E-state index is 0.123. The van der Waals surface area contributed by atoms with Crippen molar-refractivity contribution in [1.29, 1.82) is 0 Å². The molecule has 0 spiro atoms. The van der Waals surface area contributed by atoms with Crippen LogP contribution in [-0.4, -0.2) is 35.0 Å². The molecule has 5 heteroatoms. The zero-order chi connectivity index (χ0) is 13.0. The smallest absolute Gasteiger partial charge is 0.336 e. The number of carbonyl (C=O) groups excluding carboxylic acids is 1. The van der Waals surface area contributed by atoms with E-state index >= 15 is 0 Å². The average molecular weight is 347 g/mol. The summed E-state index contributed by atoms with van der Waals surface area (Å²) in [6.45, 7) is 5.02. The summed E-state index contributed by atoms with van der Waals surface area (Å²) in [5.41, 5.74) is 0.623. The van der Waals surface area contributed by atoms with Crippen LogP contribution in [0.4, 0.5) is 0 Å². The van der Waals surface area contributed by atoms with Gasteiger partial charge in [-0.3, -0.25) is 4.79 Å². The van der Waals surface area contributed by atoms with Gasteiger partial charge in [-0.15, -0.1) is 0 Å². The lowest BCUT2D eigenvalue weighted by molar-refractivity contribution is 0.0695. The minimum atomic E-state index is -1.01. The Morgan fingerprint density at radius 3 is 2.24 bits per heavy atom. The van der Waals surface area contributed by atoms with Crippen LogP contribution in [0.15, 0.2) is 18.2 Å². The molecule has 0 aliphatic rings. The van der Waals surface area contributed by atoms with E-state index in [1.165, 1.54) is 6.07 Å². The molecule has 0 radical (unpaired) electrons. The molecule has 0 fully saturated rings. The van der Waals surface area contributed by atoms with E-state index in [2.05, 4.69) is 0 Å². The van der Waals surface area contributed by atoms with Crippen LogP contribution in [-0.2, 0) is 0 Å². The highest BCUT2D eigenvalue weighted by Gasteiger charge is 2.19. The van der Waals surface area contributed by atoms with Crippen molar-refractivity contribution in [3.05, 3.63) is 32.9 Å². The van der Waals surface area contributed by atoms with Gasteiger partial charge in [0.25, 0.3) is 5.91 Å². The molecule has 17 heavy (non-hydrogen) atoms. The molecule has 1 rings (SSSR count). The second-order valence-electron chi connectivity index (χ2n) is 3.45. The number of aromatic carboxylic acids is 1.